The van der Waals surface area contributed by atoms with Gasteiger partial charge in [0.1, 0.15) is 11.2 Å². The zero-order chi connectivity index (χ0) is 44.9. The molecule has 66 heavy (non-hydrogen) atoms. The lowest BCUT2D eigenvalue weighted by Crippen LogP contribution is -2.61. The molecule has 0 fully saturated rings. The van der Waals surface area contributed by atoms with E-state index in [2.05, 4.69) is 245 Å². The van der Waals surface area contributed by atoms with Crippen LogP contribution >= 0.6 is 0 Å². The molecule has 0 radical (unpaired) electrons. The van der Waals surface area contributed by atoms with Crippen LogP contribution < -0.4 is 26.2 Å². The summed E-state index contributed by atoms with van der Waals surface area (Å²) in [5.74, 6) is 0. The van der Waals surface area contributed by atoms with Gasteiger partial charge in [0.2, 0.25) is 0 Å². The minimum Gasteiger partial charge on any atom is -0.455 e. The van der Waals surface area contributed by atoms with E-state index in [-0.39, 0.29) is 17.5 Å². The van der Waals surface area contributed by atoms with Crippen molar-refractivity contribution in [3.8, 4) is 33.4 Å². The molecule has 1 aromatic heterocycles. The first-order valence-electron chi connectivity index (χ1n) is 23.3. The van der Waals surface area contributed by atoms with Gasteiger partial charge < -0.3 is 14.2 Å². The van der Waals surface area contributed by atoms with E-state index in [1.165, 1.54) is 72.5 Å². The Labute approximate surface area is 388 Å². The van der Waals surface area contributed by atoms with Crippen LogP contribution in [0.15, 0.2) is 205 Å². The SMILES string of the molecule is CC(C)(C)c1ccc2c(c1)B1c3cc(-c4ccccc4)ccc3N(c3ccc(-c4ccccc4)cc3)c3cc(C(C)(C)C)cc(c31)N2c1ccc(-c2cccc3c2oc2ccccc23)cc1. The fraction of sp³-hybridized carbons (Fsp3) is 0.129. The third-order valence-electron chi connectivity index (χ3n) is 14.0. The van der Waals surface area contributed by atoms with Crippen molar-refractivity contribution >= 4 is 79.2 Å². The largest absolute Gasteiger partial charge is 0.455 e. The molecule has 0 saturated carbocycles. The summed E-state index contributed by atoms with van der Waals surface area (Å²) in [6.07, 6.45) is 0. The van der Waals surface area contributed by atoms with E-state index in [9.17, 15) is 0 Å². The maximum absolute atomic E-state index is 6.53. The fourth-order valence-electron chi connectivity index (χ4n) is 10.5. The second-order valence-electron chi connectivity index (χ2n) is 20.2. The highest BCUT2D eigenvalue weighted by molar-refractivity contribution is 7.00. The standard InChI is InChI=1S/C62H51BN2O/c1-61(2,3)45-29-35-55-53(37-45)63-52-36-44(41-18-11-8-12-19-41)28-34-54(52)64(47-30-24-42(25-31-47)40-16-9-7-10-17-40)56-38-46(62(4,5)6)39-57(59(56)63)65(55)48-32-26-43(27-33-48)49-21-15-22-51-50-20-13-14-23-58(50)66-60(49)51/h7-39H,1-6H3. The van der Waals surface area contributed by atoms with Crippen molar-refractivity contribution in [3.63, 3.8) is 0 Å². The number of hydrogen-bond donors (Lipinski definition) is 0. The van der Waals surface area contributed by atoms with Crippen LogP contribution in [0.4, 0.5) is 34.1 Å². The average molecular weight is 851 g/mol. The Balaban J connectivity index is 1.11. The Morgan fingerprint density at radius 2 is 0.879 bits per heavy atom. The van der Waals surface area contributed by atoms with Crippen LogP contribution in [0.2, 0.25) is 0 Å². The Kier molecular flexibility index (Phi) is 9.09. The molecule has 3 nitrogen and oxygen atoms in total. The number of hydrogen-bond acceptors (Lipinski definition) is 3. The zero-order valence-corrected chi connectivity index (χ0v) is 38.4. The first-order chi connectivity index (χ1) is 32.0. The van der Waals surface area contributed by atoms with Crippen LogP contribution in [0, 0.1) is 0 Å². The van der Waals surface area contributed by atoms with Gasteiger partial charge in [0.15, 0.2) is 0 Å². The highest BCUT2D eigenvalue weighted by atomic mass is 16.3. The predicted octanol–water partition coefficient (Wildman–Crippen LogP) is 15.3. The molecule has 318 valence electrons. The maximum Gasteiger partial charge on any atom is 0.252 e. The monoisotopic (exact) mass is 850 g/mol. The first kappa shape index (κ1) is 40.0. The highest BCUT2D eigenvalue weighted by Crippen LogP contribution is 2.48. The van der Waals surface area contributed by atoms with Crippen LogP contribution in [0.5, 0.6) is 0 Å². The minimum atomic E-state index is -0.127. The molecule has 10 aromatic rings. The third-order valence-corrected chi connectivity index (χ3v) is 14.0. The van der Waals surface area contributed by atoms with E-state index in [0.717, 1.165) is 44.4 Å². The molecule has 0 spiro atoms. The van der Waals surface area contributed by atoms with Crippen LogP contribution in [0.3, 0.4) is 0 Å². The summed E-state index contributed by atoms with van der Waals surface area (Å²) in [7, 11) is 0. The summed E-state index contributed by atoms with van der Waals surface area (Å²) >= 11 is 0. The topological polar surface area (TPSA) is 19.6 Å². The minimum absolute atomic E-state index is 0.0129. The Bertz CT molecular complexity index is 3480. The highest BCUT2D eigenvalue weighted by Gasteiger charge is 2.44. The predicted molar refractivity (Wildman–Crippen MR) is 281 cm³/mol. The van der Waals surface area contributed by atoms with Gasteiger partial charge in [0.25, 0.3) is 6.71 Å². The summed E-state index contributed by atoms with van der Waals surface area (Å²) in [6.45, 7) is 14.0. The molecular weight excluding hydrogens is 800 g/mol. The van der Waals surface area contributed by atoms with Gasteiger partial charge in [-0.1, -0.05) is 187 Å². The number of nitrogens with zero attached hydrogens (tertiary/aromatic N) is 2. The molecule has 0 aliphatic carbocycles. The summed E-state index contributed by atoms with van der Waals surface area (Å²) < 4.78 is 6.53. The van der Waals surface area contributed by atoms with Gasteiger partial charge in [0.05, 0.1) is 0 Å². The van der Waals surface area contributed by atoms with Crippen molar-refractivity contribution in [1.29, 1.82) is 0 Å². The lowest BCUT2D eigenvalue weighted by atomic mass is 9.33. The molecule has 3 heterocycles. The Hall–Kier alpha value is -7.56. The molecule has 0 amide bonds. The lowest BCUT2D eigenvalue weighted by Gasteiger charge is -2.45. The maximum atomic E-state index is 6.53. The molecule has 0 N–H and O–H groups in total. The Morgan fingerprint density at radius 1 is 0.379 bits per heavy atom. The lowest BCUT2D eigenvalue weighted by molar-refractivity contribution is 0.590. The van der Waals surface area contributed by atoms with Gasteiger partial charge in [-0.2, -0.15) is 0 Å². The van der Waals surface area contributed by atoms with Gasteiger partial charge in [-0.3, -0.25) is 0 Å². The van der Waals surface area contributed by atoms with E-state index in [0.29, 0.717) is 0 Å². The number of furan rings is 1. The van der Waals surface area contributed by atoms with Gasteiger partial charge in [-0.15, -0.1) is 0 Å². The first-order valence-corrected chi connectivity index (χ1v) is 23.3. The molecule has 0 unspecified atom stereocenters. The second kappa shape index (κ2) is 15.0. The molecule has 0 bridgehead atoms. The molecule has 12 rings (SSSR count). The smallest absolute Gasteiger partial charge is 0.252 e. The van der Waals surface area contributed by atoms with Crippen molar-refractivity contribution in [1.82, 2.24) is 0 Å². The van der Waals surface area contributed by atoms with Crippen molar-refractivity contribution in [3.05, 3.63) is 211 Å². The van der Waals surface area contributed by atoms with Gasteiger partial charge in [0, 0.05) is 50.5 Å². The van der Waals surface area contributed by atoms with E-state index >= 15 is 0 Å². The van der Waals surface area contributed by atoms with E-state index in [4.69, 9.17) is 4.42 Å². The summed E-state index contributed by atoms with van der Waals surface area (Å²) in [4.78, 5) is 5.08. The number of fused-ring (bicyclic) bond motifs is 7. The quantitative estimate of drug-likeness (QED) is 0.161. The molecule has 0 saturated heterocycles. The summed E-state index contributed by atoms with van der Waals surface area (Å²) in [6, 6.07) is 74.1. The van der Waals surface area contributed by atoms with Crippen LogP contribution in [-0.4, -0.2) is 6.71 Å². The van der Waals surface area contributed by atoms with Crippen LogP contribution in [0.1, 0.15) is 52.7 Å². The van der Waals surface area contributed by atoms with Gasteiger partial charge in [-0.05, 0) is 121 Å². The molecule has 0 atom stereocenters. The zero-order valence-electron chi connectivity index (χ0n) is 38.4. The molecular formula is C62H51BN2O. The second-order valence-corrected chi connectivity index (χ2v) is 20.2. The van der Waals surface area contributed by atoms with Crippen LogP contribution in [0.25, 0.3) is 55.3 Å². The van der Waals surface area contributed by atoms with E-state index < -0.39 is 0 Å². The van der Waals surface area contributed by atoms with Gasteiger partial charge >= 0.3 is 0 Å². The van der Waals surface area contributed by atoms with Crippen LogP contribution in [-0.2, 0) is 10.8 Å². The number of anilines is 6. The number of para-hydroxylation sites is 2. The van der Waals surface area contributed by atoms with Crippen molar-refractivity contribution in [2.75, 3.05) is 9.80 Å². The van der Waals surface area contributed by atoms with Gasteiger partial charge in [-0.25, -0.2) is 0 Å². The normalized spacial score (nSPS) is 13.2. The van der Waals surface area contributed by atoms with Crippen molar-refractivity contribution in [2.24, 2.45) is 0 Å². The number of rotatable bonds is 5. The molecule has 9 aromatic carbocycles. The van der Waals surface area contributed by atoms with E-state index in [1.807, 2.05) is 6.07 Å². The van der Waals surface area contributed by atoms with Crippen molar-refractivity contribution < 1.29 is 4.42 Å². The number of benzene rings is 9. The fourth-order valence-corrected chi connectivity index (χ4v) is 10.5. The van der Waals surface area contributed by atoms with Crippen molar-refractivity contribution in [2.45, 2.75) is 52.4 Å². The Morgan fingerprint density at radius 3 is 1.50 bits per heavy atom. The molecule has 4 heteroatoms. The molecule has 2 aliphatic rings. The third kappa shape index (κ3) is 6.50. The molecule has 2 aliphatic heterocycles. The average Bonchev–Trinajstić information content (AvgIpc) is 3.73. The summed E-state index contributed by atoms with van der Waals surface area (Å²) in [5.41, 5.74) is 22.4. The summed E-state index contributed by atoms with van der Waals surface area (Å²) in [5, 5.41) is 2.28. The van der Waals surface area contributed by atoms with E-state index in [1.54, 1.807) is 0 Å².